The van der Waals surface area contributed by atoms with Gasteiger partial charge in [-0.2, -0.15) is 0 Å². The predicted molar refractivity (Wildman–Crippen MR) is 99.2 cm³/mol. The first-order chi connectivity index (χ1) is 12.3. The molecule has 26 heavy (non-hydrogen) atoms. The van der Waals surface area contributed by atoms with Gasteiger partial charge in [0.15, 0.2) is 0 Å². The van der Waals surface area contributed by atoms with E-state index in [1.165, 1.54) is 5.06 Å². The number of piperidine rings is 1. The highest BCUT2D eigenvalue weighted by Crippen LogP contribution is 2.17. The van der Waals surface area contributed by atoms with Crippen molar-refractivity contribution in [2.24, 2.45) is 5.41 Å². The van der Waals surface area contributed by atoms with Gasteiger partial charge in [0.25, 0.3) is 0 Å². The molecule has 0 spiro atoms. The average molecular weight is 362 g/mol. The highest BCUT2D eigenvalue weighted by molar-refractivity contribution is 5.72. The summed E-state index contributed by atoms with van der Waals surface area (Å²) >= 11 is 0. The summed E-state index contributed by atoms with van der Waals surface area (Å²) in [7, 11) is 0. The van der Waals surface area contributed by atoms with Gasteiger partial charge in [0.2, 0.25) is 0 Å². The molecule has 1 aromatic carbocycles. The maximum Gasteiger partial charge on any atom is 0.428 e. The van der Waals surface area contributed by atoms with Crippen molar-refractivity contribution >= 4 is 12.1 Å². The van der Waals surface area contributed by atoms with E-state index in [9.17, 15) is 9.59 Å². The molecule has 1 amide bonds. The predicted octanol–water partition coefficient (Wildman–Crippen LogP) is 3.62. The van der Waals surface area contributed by atoms with Gasteiger partial charge in [0.05, 0.1) is 0 Å². The number of hydrogen-bond acceptors (Lipinski definition) is 5. The molecule has 0 atom stereocenters. The number of ether oxygens (including phenoxy) is 1. The standard InChI is InChI=1S/C20H30N2O4/c1-20(2,3)16-22(26-19(24)21-12-8-5-9-13-21)14-18(23)25-15-17-10-6-4-7-11-17/h4,6-7,10-11H,5,8-9,12-16H2,1-3H3. The maximum absolute atomic E-state index is 12.4. The van der Waals surface area contributed by atoms with Crippen LogP contribution in [0.15, 0.2) is 30.3 Å². The number of carbonyl (C=O) groups is 2. The number of rotatable bonds is 6. The molecule has 0 saturated carbocycles. The minimum absolute atomic E-state index is 0.0797. The van der Waals surface area contributed by atoms with E-state index in [0.29, 0.717) is 19.6 Å². The Morgan fingerprint density at radius 2 is 1.73 bits per heavy atom. The van der Waals surface area contributed by atoms with E-state index in [1.54, 1.807) is 4.90 Å². The van der Waals surface area contributed by atoms with Crippen LogP contribution in [0, 0.1) is 5.41 Å². The molecule has 0 bridgehead atoms. The monoisotopic (exact) mass is 362 g/mol. The lowest BCUT2D eigenvalue weighted by Crippen LogP contribution is -2.44. The van der Waals surface area contributed by atoms with Gasteiger partial charge in [0.1, 0.15) is 13.2 Å². The highest BCUT2D eigenvalue weighted by Gasteiger charge is 2.26. The molecule has 6 heteroatoms. The normalized spacial score (nSPS) is 15.0. The summed E-state index contributed by atoms with van der Waals surface area (Å²) < 4.78 is 5.31. The number of hydroxylamine groups is 2. The fourth-order valence-corrected chi connectivity index (χ4v) is 2.82. The molecular formula is C20H30N2O4. The smallest absolute Gasteiger partial charge is 0.428 e. The lowest BCUT2D eigenvalue weighted by atomic mass is 9.97. The molecule has 0 aliphatic carbocycles. The second-order valence-corrected chi connectivity index (χ2v) is 7.91. The minimum Gasteiger partial charge on any atom is -0.460 e. The molecule has 0 N–H and O–H groups in total. The molecular weight excluding hydrogens is 332 g/mol. The summed E-state index contributed by atoms with van der Waals surface area (Å²) in [5.41, 5.74) is 0.801. The Morgan fingerprint density at radius 3 is 2.35 bits per heavy atom. The maximum atomic E-state index is 12.4. The lowest BCUT2D eigenvalue weighted by molar-refractivity contribution is -0.167. The topological polar surface area (TPSA) is 59.1 Å². The zero-order valence-corrected chi connectivity index (χ0v) is 16.1. The van der Waals surface area contributed by atoms with Crippen molar-refractivity contribution in [3.63, 3.8) is 0 Å². The van der Waals surface area contributed by atoms with Crippen molar-refractivity contribution in [2.45, 2.75) is 46.6 Å². The lowest BCUT2D eigenvalue weighted by Gasteiger charge is -2.31. The molecule has 2 rings (SSSR count). The van der Waals surface area contributed by atoms with E-state index in [1.807, 2.05) is 51.1 Å². The van der Waals surface area contributed by atoms with Crippen LogP contribution in [-0.4, -0.2) is 48.2 Å². The first-order valence-electron chi connectivity index (χ1n) is 9.25. The van der Waals surface area contributed by atoms with Crippen LogP contribution in [-0.2, 0) is 21.0 Å². The molecule has 1 aromatic rings. The van der Waals surface area contributed by atoms with Gasteiger partial charge < -0.3 is 14.5 Å². The third-order valence-electron chi connectivity index (χ3n) is 4.02. The Labute approximate surface area is 156 Å². The van der Waals surface area contributed by atoms with Gasteiger partial charge in [-0.05, 0) is 30.2 Å². The van der Waals surface area contributed by atoms with E-state index >= 15 is 0 Å². The van der Waals surface area contributed by atoms with Crippen LogP contribution in [0.5, 0.6) is 0 Å². The highest BCUT2D eigenvalue weighted by atomic mass is 16.7. The van der Waals surface area contributed by atoms with Gasteiger partial charge in [-0.15, -0.1) is 5.06 Å². The Kier molecular flexibility index (Phi) is 7.45. The molecule has 0 radical (unpaired) electrons. The number of amides is 1. The summed E-state index contributed by atoms with van der Waals surface area (Å²) in [4.78, 5) is 31.8. The molecule has 1 saturated heterocycles. The largest absolute Gasteiger partial charge is 0.460 e. The van der Waals surface area contributed by atoms with Crippen molar-refractivity contribution in [2.75, 3.05) is 26.2 Å². The summed E-state index contributed by atoms with van der Waals surface area (Å²) in [6, 6.07) is 9.51. The second kappa shape index (κ2) is 9.57. The molecule has 0 unspecified atom stereocenters. The van der Waals surface area contributed by atoms with E-state index in [2.05, 4.69) is 0 Å². The Balaban J connectivity index is 1.88. The molecule has 1 fully saturated rings. The average Bonchev–Trinajstić information content (AvgIpc) is 2.60. The van der Waals surface area contributed by atoms with Crippen molar-refractivity contribution < 1.29 is 19.2 Å². The van der Waals surface area contributed by atoms with E-state index in [4.69, 9.17) is 9.57 Å². The minimum atomic E-state index is -0.412. The van der Waals surface area contributed by atoms with Crippen LogP contribution in [0.25, 0.3) is 0 Å². The number of nitrogens with zero attached hydrogens (tertiary/aromatic N) is 2. The van der Waals surface area contributed by atoms with Gasteiger partial charge in [-0.25, -0.2) is 4.79 Å². The summed E-state index contributed by atoms with van der Waals surface area (Å²) in [6.45, 7) is 8.10. The third kappa shape index (κ3) is 7.44. The first kappa shape index (κ1) is 20.2. The molecule has 0 aromatic heterocycles. The Morgan fingerprint density at radius 1 is 1.08 bits per heavy atom. The zero-order chi connectivity index (χ0) is 19.0. The van der Waals surface area contributed by atoms with Crippen LogP contribution < -0.4 is 0 Å². The first-order valence-corrected chi connectivity index (χ1v) is 9.25. The van der Waals surface area contributed by atoms with E-state index < -0.39 is 5.97 Å². The molecule has 6 nitrogen and oxygen atoms in total. The van der Waals surface area contributed by atoms with E-state index in [-0.39, 0.29) is 24.7 Å². The van der Waals surface area contributed by atoms with Crippen LogP contribution in [0.3, 0.4) is 0 Å². The fourth-order valence-electron chi connectivity index (χ4n) is 2.82. The van der Waals surface area contributed by atoms with Crippen molar-refractivity contribution in [1.82, 2.24) is 9.96 Å². The van der Waals surface area contributed by atoms with Crippen LogP contribution >= 0.6 is 0 Å². The molecule has 1 aliphatic rings. The van der Waals surface area contributed by atoms with Crippen LogP contribution in [0.1, 0.15) is 45.6 Å². The van der Waals surface area contributed by atoms with Gasteiger partial charge in [0, 0.05) is 19.6 Å². The summed E-state index contributed by atoms with van der Waals surface area (Å²) in [6.07, 6.45) is 2.74. The summed E-state index contributed by atoms with van der Waals surface area (Å²) in [5, 5.41) is 1.42. The second-order valence-electron chi connectivity index (χ2n) is 7.91. The fraction of sp³-hybridized carbons (Fsp3) is 0.600. The van der Waals surface area contributed by atoms with Gasteiger partial charge in [-0.3, -0.25) is 4.79 Å². The Bertz CT molecular complexity index is 577. The Hall–Kier alpha value is -2.08. The quantitative estimate of drug-likeness (QED) is 0.571. The number of esters is 1. The number of carbonyl (C=O) groups excluding carboxylic acids is 2. The summed E-state index contributed by atoms with van der Waals surface area (Å²) in [5.74, 6) is -0.412. The number of likely N-dealkylation sites (tertiary alicyclic amines) is 1. The van der Waals surface area contributed by atoms with Crippen molar-refractivity contribution in [3.05, 3.63) is 35.9 Å². The SMILES string of the molecule is CC(C)(C)CN(CC(=O)OCc1ccccc1)OC(=O)N1CCCCC1. The molecule has 1 aliphatic heterocycles. The number of benzene rings is 1. The number of hydrogen-bond donors (Lipinski definition) is 0. The van der Waals surface area contributed by atoms with Crippen molar-refractivity contribution in [3.8, 4) is 0 Å². The zero-order valence-electron chi connectivity index (χ0n) is 16.1. The van der Waals surface area contributed by atoms with Crippen molar-refractivity contribution in [1.29, 1.82) is 0 Å². The van der Waals surface area contributed by atoms with Gasteiger partial charge >= 0.3 is 12.1 Å². The van der Waals surface area contributed by atoms with E-state index in [0.717, 1.165) is 24.8 Å². The van der Waals surface area contributed by atoms with Gasteiger partial charge in [-0.1, -0.05) is 51.1 Å². The third-order valence-corrected chi connectivity index (χ3v) is 4.02. The van der Waals surface area contributed by atoms with Crippen LogP contribution in [0.2, 0.25) is 0 Å². The molecule has 144 valence electrons. The molecule has 1 heterocycles. The van der Waals surface area contributed by atoms with Crippen LogP contribution in [0.4, 0.5) is 4.79 Å².